The molecule has 0 unspecified atom stereocenters. The van der Waals surface area contributed by atoms with E-state index in [0.717, 1.165) is 0 Å². The van der Waals surface area contributed by atoms with Crippen LogP contribution < -0.4 is 0 Å². The van der Waals surface area contributed by atoms with Crippen LogP contribution in [0.4, 0.5) is 0 Å². The number of carbonyl (C=O) groups excluding carboxylic acids is 1. The Balaban J connectivity index is 2.09. The molecule has 0 aromatic heterocycles. The van der Waals surface area contributed by atoms with Gasteiger partial charge in [0.1, 0.15) is 12.2 Å². The molecule has 0 aromatic carbocycles. The SMILES string of the molecule is C[C@H](O)C[C@H]1OC(=O)C[C@@H]2C[C@H](O)[C@H]1O2. The molecule has 2 bridgehead atoms. The van der Waals surface area contributed by atoms with Gasteiger partial charge in [-0.1, -0.05) is 0 Å². The second-order valence-electron chi connectivity index (χ2n) is 4.34. The van der Waals surface area contributed by atoms with E-state index in [1.54, 1.807) is 6.92 Å². The van der Waals surface area contributed by atoms with E-state index in [1.165, 1.54) is 0 Å². The molecule has 0 aromatic rings. The standard InChI is InChI=1S/C10H16O5/c1-5(11)2-8-10-7(12)3-6(14-10)4-9(13)15-8/h5-8,10-12H,2-4H2,1H3/t5-,6-,7-,8+,10+/m0/s1. The lowest BCUT2D eigenvalue weighted by molar-refractivity contribution is -0.154. The quantitative estimate of drug-likeness (QED) is 0.614. The van der Waals surface area contributed by atoms with E-state index in [1.807, 2.05) is 0 Å². The fraction of sp³-hybridized carbons (Fsp3) is 0.900. The van der Waals surface area contributed by atoms with E-state index in [0.29, 0.717) is 12.8 Å². The van der Waals surface area contributed by atoms with Crippen LogP contribution >= 0.6 is 0 Å². The van der Waals surface area contributed by atoms with Gasteiger partial charge in [-0.05, 0) is 6.92 Å². The number of cyclic esters (lactones) is 1. The van der Waals surface area contributed by atoms with Gasteiger partial charge in [-0.25, -0.2) is 0 Å². The summed E-state index contributed by atoms with van der Waals surface area (Å²) in [4.78, 5) is 11.3. The average molecular weight is 216 g/mol. The number of carbonyl (C=O) groups is 1. The molecular weight excluding hydrogens is 200 g/mol. The molecule has 5 nitrogen and oxygen atoms in total. The summed E-state index contributed by atoms with van der Waals surface area (Å²) in [5, 5.41) is 19.0. The van der Waals surface area contributed by atoms with Crippen molar-refractivity contribution in [1.82, 2.24) is 0 Å². The molecule has 0 saturated carbocycles. The van der Waals surface area contributed by atoms with Gasteiger partial charge in [0.2, 0.25) is 0 Å². The molecule has 2 rings (SSSR count). The van der Waals surface area contributed by atoms with Crippen LogP contribution in [0.2, 0.25) is 0 Å². The summed E-state index contributed by atoms with van der Waals surface area (Å²) in [6.45, 7) is 1.62. The molecule has 0 spiro atoms. The van der Waals surface area contributed by atoms with Crippen molar-refractivity contribution in [3.05, 3.63) is 0 Å². The number of hydrogen-bond acceptors (Lipinski definition) is 5. The van der Waals surface area contributed by atoms with E-state index in [-0.39, 0.29) is 18.5 Å². The molecule has 2 N–H and O–H groups in total. The summed E-state index contributed by atoms with van der Waals surface area (Å²) in [6.07, 6.45) is -1.41. The smallest absolute Gasteiger partial charge is 0.308 e. The highest BCUT2D eigenvalue weighted by molar-refractivity contribution is 5.70. The maximum atomic E-state index is 11.3. The van der Waals surface area contributed by atoms with Gasteiger partial charge in [-0.15, -0.1) is 0 Å². The molecule has 0 aliphatic carbocycles. The van der Waals surface area contributed by atoms with E-state index < -0.39 is 24.4 Å². The van der Waals surface area contributed by atoms with Crippen molar-refractivity contribution >= 4 is 5.97 Å². The molecule has 2 aliphatic heterocycles. The van der Waals surface area contributed by atoms with Crippen LogP contribution in [0.3, 0.4) is 0 Å². The molecule has 2 fully saturated rings. The van der Waals surface area contributed by atoms with Crippen molar-refractivity contribution in [3.8, 4) is 0 Å². The lowest BCUT2D eigenvalue weighted by Crippen LogP contribution is -2.39. The van der Waals surface area contributed by atoms with Crippen LogP contribution in [0.5, 0.6) is 0 Å². The van der Waals surface area contributed by atoms with Crippen LogP contribution in [0, 0.1) is 0 Å². The summed E-state index contributed by atoms with van der Waals surface area (Å²) in [5.41, 5.74) is 0. The van der Waals surface area contributed by atoms with Crippen molar-refractivity contribution in [2.45, 2.75) is 56.7 Å². The first-order chi connectivity index (χ1) is 7.06. The second kappa shape index (κ2) is 4.08. The van der Waals surface area contributed by atoms with E-state index in [4.69, 9.17) is 9.47 Å². The number of aliphatic hydroxyl groups excluding tert-OH is 2. The molecule has 2 heterocycles. The van der Waals surface area contributed by atoms with Crippen molar-refractivity contribution in [3.63, 3.8) is 0 Å². The van der Waals surface area contributed by atoms with Crippen molar-refractivity contribution in [2.75, 3.05) is 0 Å². The van der Waals surface area contributed by atoms with Crippen molar-refractivity contribution < 1.29 is 24.5 Å². The van der Waals surface area contributed by atoms with Gasteiger partial charge in [0.25, 0.3) is 0 Å². The molecular formula is C10H16O5. The van der Waals surface area contributed by atoms with Gasteiger partial charge in [0, 0.05) is 12.8 Å². The first kappa shape index (κ1) is 10.9. The minimum Gasteiger partial charge on any atom is -0.459 e. The Bertz CT molecular complexity index is 252. The monoisotopic (exact) mass is 216 g/mol. The minimum atomic E-state index is -0.591. The van der Waals surface area contributed by atoms with Gasteiger partial charge in [-0.2, -0.15) is 0 Å². The fourth-order valence-electron chi connectivity index (χ4n) is 2.23. The van der Waals surface area contributed by atoms with Crippen molar-refractivity contribution in [2.24, 2.45) is 0 Å². The molecule has 2 saturated heterocycles. The first-order valence-corrected chi connectivity index (χ1v) is 5.27. The van der Waals surface area contributed by atoms with Crippen LogP contribution in [-0.4, -0.2) is 46.7 Å². The Morgan fingerprint density at radius 2 is 2.33 bits per heavy atom. The predicted octanol–water partition coefficient (Wildman–Crippen LogP) is -0.409. The summed E-state index contributed by atoms with van der Waals surface area (Å²) >= 11 is 0. The Morgan fingerprint density at radius 3 is 3.00 bits per heavy atom. The lowest BCUT2D eigenvalue weighted by Gasteiger charge is -2.25. The zero-order valence-corrected chi connectivity index (χ0v) is 8.63. The number of fused-ring (bicyclic) bond motifs is 2. The summed E-state index contributed by atoms with van der Waals surface area (Å²) < 4.78 is 10.7. The summed E-state index contributed by atoms with van der Waals surface area (Å²) in [7, 11) is 0. The van der Waals surface area contributed by atoms with Gasteiger partial charge in [0.05, 0.1) is 24.7 Å². The van der Waals surface area contributed by atoms with Crippen molar-refractivity contribution in [1.29, 1.82) is 0 Å². The maximum Gasteiger partial charge on any atom is 0.308 e. The molecule has 5 atom stereocenters. The largest absolute Gasteiger partial charge is 0.459 e. The second-order valence-corrected chi connectivity index (χ2v) is 4.34. The number of hydrogen-bond donors (Lipinski definition) is 2. The zero-order chi connectivity index (χ0) is 11.0. The van der Waals surface area contributed by atoms with Gasteiger partial charge >= 0.3 is 5.97 Å². The van der Waals surface area contributed by atoms with Gasteiger partial charge < -0.3 is 19.7 Å². The zero-order valence-electron chi connectivity index (χ0n) is 8.63. The molecule has 5 heteroatoms. The maximum absolute atomic E-state index is 11.3. The molecule has 0 amide bonds. The topological polar surface area (TPSA) is 76.0 Å². The van der Waals surface area contributed by atoms with Crippen LogP contribution in [-0.2, 0) is 14.3 Å². The number of aliphatic hydroxyl groups is 2. The van der Waals surface area contributed by atoms with E-state index >= 15 is 0 Å². The number of esters is 1. The summed E-state index contributed by atoms with van der Waals surface area (Å²) in [5.74, 6) is -0.306. The molecule has 86 valence electrons. The molecule has 15 heavy (non-hydrogen) atoms. The highest BCUT2D eigenvalue weighted by Gasteiger charge is 2.44. The molecule has 2 aliphatic rings. The highest BCUT2D eigenvalue weighted by atomic mass is 16.6. The Hall–Kier alpha value is -0.650. The average Bonchev–Trinajstić information content (AvgIpc) is 2.36. The third-order valence-electron chi connectivity index (χ3n) is 2.85. The van der Waals surface area contributed by atoms with Crippen LogP contribution in [0.15, 0.2) is 0 Å². The third kappa shape index (κ3) is 2.30. The van der Waals surface area contributed by atoms with Gasteiger partial charge in [-0.3, -0.25) is 4.79 Å². The Morgan fingerprint density at radius 1 is 1.60 bits per heavy atom. The lowest BCUT2D eigenvalue weighted by atomic mass is 10.00. The first-order valence-electron chi connectivity index (χ1n) is 5.27. The van der Waals surface area contributed by atoms with Crippen LogP contribution in [0.1, 0.15) is 26.2 Å². The third-order valence-corrected chi connectivity index (χ3v) is 2.85. The fourth-order valence-corrected chi connectivity index (χ4v) is 2.23. The van der Waals surface area contributed by atoms with Gasteiger partial charge in [0.15, 0.2) is 0 Å². The predicted molar refractivity (Wildman–Crippen MR) is 50.1 cm³/mol. The van der Waals surface area contributed by atoms with Crippen LogP contribution in [0.25, 0.3) is 0 Å². The van der Waals surface area contributed by atoms with E-state index in [9.17, 15) is 15.0 Å². The Labute approximate surface area is 88.0 Å². The normalized spacial score (nSPS) is 42.2. The number of rotatable bonds is 2. The number of ether oxygens (including phenoxy) is 2. The molecule has 0 radical (unpaired) electrons. The van der Waals surface area contributed by atoms with E-state index in [2.05, 4.69) is 0 Å². The Kier molecular flexibility index (Phi) is 2.95. The highest BCUT2D eigenvalue weighted by Crippen LogP contribution is 2.31. The minimum absolute atomic E-state index is 0.198. The summed E-state index contributed by atoms with van der Waals surface area (Å²) in [6, 6.07) is 0.